The van der Waals surface area contributed by atoms with Crippen LogP contribution in [0, 0.1) is 0 Å². The predicted octanol–water partition coefficient (Wildman–Crippen LogP) is 1.00. The van der Waals surface area contributed by atoms with E-state index >= 15 is 0 Å². The van der Waals surface area contributed by atoms with E-state index in [1.54, 1.807) is 12.1 Å². The topological polar surface area (TPSA) is 30.0 Å². The first kappa shape index (κ1) is 6.93. The summed E-state index contributed by atoms with van der Waals surface area (Å²) in [7, 11) is 0. The zero-order valence-electron chi connectivity index (χ0n) is 5.87. The molecule has 0 aliphatic heterocycles. The van der Waals surface area contributed by atoms with Crippen LogP contribution in [0.15, 0.2) is 29.2 Å². The Morgan fingerprint density at radius 3 is 3.00 bits per heavy atom. The Morgan fingerprint density at radius 1 is 1.50 bits per heavy atom. The summed E-state index contributed by atoms with van der Waals surface area (Å²) < 4.78 is 0. The maximum atomic E-state index is 10.9. The molecular weight excluding hydrogens is 126 g/mol. The van der Waals surface area contributed by atoms with Gasteiger partial charge in [-0.3, -0.25) is 4.79 Å². The van der Waals surface area contributed by atoms with Gasteiger partial charge in [-0.25, -0.2) is 4.98 Å². The van der Waals surface area contributed by atoms with Gasteiger partial charge >= 0.3 is 0 Å². The number of rotatable bonds is 1. The minimum atomic E-state index is -0.118. The van der Waals surface area contributed by atoms with Crippen LogP contribution in [-0.2, 0) is 6.42 Å². The first-order valence-corrected chi connectivity index (χ1v) is 3.29. The van der Waals surface area contributed by atoms with Gasteiger partial charge in [-0.05, 0) is 12.5 Å². The zero-order chi connectivity index (χ0) is 7.40. The second-order valence-corrected chi connectivity index (χ2v) is 2.01. The molecule has 10 heavy (non-hydrogen) atoms. The van der Waals surface area contributed by atoms with E-state index in [9.17, 15) is 4.79 Å². The number of aryl methyl sites for hydroxylation is 1. The molecule has 0 aliphatic rings. The second kappa shape index (κ2) is 3.11. The number of aromatic nitrogens is 1. The Bertz CT molecular complexity index is 270. The van der Waals surface area contributed by atoms with E-state index in [4.69, 9.17) is 0 Å². The lowest BCUT2D eigenvalue weighted by Crippen LogP contribution is -2.06. The Morgan fingerprint density at radius 2 is 2.30 bits per heavy atom. The highest BCUT2D eigenvalue weighted by Crippen LogP contribution is 1.87. The lowest BCUT2D eigenvalue weighted by molar-refractivity contribution is 1.08. The van der Waals surface area contributed by atoms with Crippen molar-refractivity contribution in [2.24, 2.45) is 0 Å². The van der Waals surface area contributed by atoms with Gasteiger partial charge in [-0.15, -0.1) is 0 Å². The number of nitrogens with zero attached hydrogens (tertiary/aromatic N) is 1. The lowest BCUT2D eigenvalue weighted by Gasteiger charge is -1.82. The summed E-state index contributed by atoms with van der Waals surface area (Å²) >= 11 is 0. The van der Waals surface area contributed by atoms with Gasteiger partial charge in [-0.2, -0.15) is 0 Å². The van der Waals surface area contributed by atoms with Gasteiger partial charge in [-0.1, -0.05) is 19.1 Å². The molecule has 0 aromatic carbocycles. The van der Waals surface area contributed by atoms with Crippen molar-refractivity contribution in [3.8, 4) is 0 Å². The van der Waals surface area contributed by atoms with Gasteiger partial charge in [0.25, 0.3) is 5.56 Å². The Labute approximate surface area is 59.6 Å². The fourth-order valence-corrected chi connectivity index (χ4v) is 0.755. The molecule has 0 atom stereocenters. The SMILES string of the molecule is CCc1ccccnc1=O. The van der Waals surface area contributed by atoms with Gasteiger partial charge in [0.2, 0.25) is 0 Å². The van der Waals surface area contributed by atoms with Crippen LogP contribution < -0.4 is 5.56 Å². The maximum Gasteiger partial charge on any atom is 0.272 e. The standard InChI is InChI=1S/C8H9NO/c1-2-7-5-3-4-6-9-8(7)10/h3-6H,2H2,1H3. The molecule has 0 radical (unpaired) electrons. The summed E-state index contributed by atoms with van der Waals surface area (Å²) in [6, 6.07) is 5.38. The van der Waals surface area contributed by atoms with Crippen LogP contribution in [0.3, 0.4) is 0 Å². The molecule has 1 aromatic rings. The molecular formula is C8H9NO. The summed E-state index contributed by atoms with van der Waals surface area (Å²) in [5, 5.41) is 0. The molecule has 1 aromatic heterocycles. The minimum absolute atomic E-state index is 0.118. The first-order valence-electron chi connectivity index (χ1n) is 3.29. The first-order chi connectivity index (χ1) is 4.84. The van der Waals surface area contributed by atoms with Crippen molar-refractivity contribution in [2.45, 2.75) is 13.3 Å². The maximum absolute atomic E-state index is 10.9. The normalized spacial score (nSPS) is 9.30. The van der Waals surface area contributed by atoms with E-state index in [-0.39, 0.29) is 5.56 Å². The third kappa shape index (κ3) is 1.41. The van der Waals surface area contributed by atoms with Crippen LogP contribution in [0.1, 0.15) is 12.5 Å². The molecule has 0 saturated heterocycles. The summed E-state index contributed by atoms with van der Waals surface area (Å²) in [5.74, 6) is 0. The third-order valence-electron chi connectivity index (χ3n) is 1.34. The average Bonchev–Trinajstić information content (AvgIpc) is 2.13. The van der Waals surface area contributed by atoms with Crippen LogP contribution in [0.4, 0.5) is 0 Å². The number of hydrogen-bond donors (Lipinski definition) is 0. The molecule has 2 heteroatoms. The van der Waals surface area contributed by atoms with E-state index < -0.39 is 0 Å². The summed E-state index contributed by atoms with van der Waals surface area (Å²) in [6.45, 7) is 1.94. The van der Waals surface area contributed by atoms with E-state index in [2.05, 4.69) is 4.98 Å². The highest BCUT2D eigenvalue weighted by Gasteiger charge is 1.90. The van der Waals surface area contributed by atoms with Crippen molar-refractivity contribution < 1.29 is 0 Å². The summed E-state index contributed by atoms with van der Waals surface area (Å²) in [5.41, 5.74) is 0.650. The highest BCUT2D eigenvalue weighted by atomic mass is 16.1. The Kier molecular flexibility index (Phi) is 2.15. The number of hydrogen-bond acceptors (Lipinski definition) is 2. The Balaban J connectivity index is 3.28. The quantitative estimate of drug-likeness (QED) is 0.575. The monoisotopic (exact) mass is 135 g/mol. The van der Waals surface area contributed by atoms with Crippen LogP contribution in [0.25, 0.3) is 0 Å². The van der Waals surface area contributed by atoms with E-state index in [1.807, 2.05) is 13.0 Å². The van der Waals surface area contributed by atoms with Crippen LogP contribution in [0.2, 0.25) is 0 Å². The van der Waals surface area contributed by atoms with Gasteiger partial charge in [0, 0.05) is 11.8 Å². The van der Waals surface area contributed by atoms with Crippen LogP contribution in [0.5, 0.6) is 0 Å². The van der Waals surface area contributed by atoms with E-state index in [0.717, 1.165) is 12.0 Å². The van der Waals surface area contributed by atoms with Crippen molar-refractivity contribution in [1.82, 2.24) is 4.98 Å². The minimum Gasteiger partial charge on any atom is -0.267 e. The fourth-order valence-electron chi connectivity index (χ4n) is 0.755. The predicted molar refractivity (Wildman–Crippen MR) is 39.9 cm³/mol. The zero-order valence-corrected chi connectivity index (χ0v) is 5.87. The molecule has 52 valence electrons. The molecule has 0 saturated carbocycles. The van der Waals surface area contributed by atoms with Gasteiger partial charge in [0.05, 0.1) is 0 Å². The lowest BCUT2D eigenvalue weighted by atomic mass is 10.2. The summed E-state index contributed by atoms with van der Waals surface area (Å²) in [4.78, 5) is 14.6. The second-order valence-electron chi connectivity index (χ2n) is 2.01. The molecule has 0 bridgehead atoms. The molecule has 0 unspecified atom stereocenters. The van der Waals surface area contributed by atoms with Crippen LogP contribution in [-0.4, -0.2) is 4.98 Å². The van der Waals surface area contributed by atoms with Crippen molar-refractivity contribution in [2.75, 3.05) is 0 Å². The van der Waals surface area contributed by atoms with Gasteiger partial charge < -0.3 is 0 Å². The molecule has 0 N–H and O–H groups in total. The van der Waals surface area contributed by atoms with E-state index in [1.165, 1.54) is 6.20 Å². The van der Waals surface area contributed by atoms with Gasteiger partial charge in [0.15, 0.2) is 0 Å². The van der Waals surface area contributed by atoms with Crippen LogP contribution >= 0.6 is 0 Å². The van der Waals surface area contributed by atoms with Crippen molar-refractivity contribution in [1.29, 1.82) is 0 Å². The van der Waals surface area contributed by atoms with E-state index in [0.29, 0.717) is 0 Å². The molecule has 1 rings (SSSR count). The molecule has 0 fully saturated rings. The summed E-state index contributed by atoms with van der Waals surface area (Å²) in [6.07, 6.45) is 2.27. The third-order valence-corrected chi connectivity index (χ3v) is 1.34. The molecule has 1 heterocycles. The molecule has 2 nitrogen and oxygen atoms in total. The van der Waals surface area contributed by atoms with Gasteiger partial charge in [0.1, 0.15) is 0 Å². The molecule has 0 spiro atoms. The Hall–Kier alpha value is -1.18. The largest absolute Gasteiger partial charge is 0.272 e. The fraction of sp³-hybridized carbons (Fsp3) is 0.250. The highest BCUT2D eigenvalue weighted by molar-refractivity contribution is 5.07. The van der Waals surface area contributed by atoms with Crippen molar-refractivity contribution >= 4 is 0 Å². The average molecular weight is 135 g/mol. The molecule has 0 amide bonds. The van der Waals surface area contributed by atoms with Crippen molar-refractivity contribution in [3.63, 3.8) is 0 Å². The smallest absolute Gasteiger partial charge is 0.267 e. The molecule has 0 aliphatic carbocycles. The van der Waals surface area contributed by atoms with Crippen molar-refractivity contribution in [3.05, 3.63) is 40.3 Å².